The molecular formula is C15H20O2S. The number of ether oxygens (including phenoxy) is 1. The molecule has 0 amide bonds. The fourth-order valence-corrected chi connectivity index (χ4v) is 3.60. The van der Waals surface area contributed by atoms with Crippen LogP contribution >= 0.6 is 11.8 Å². The zero-order valence-electron chi connectivity index (χ0n) is 11.1. The van der Waals surface area contributed by atoms with Gasteiger partial charge in [-0.2, -0.15) is 11.8 Å². The Morgan fingerprint density at radius 2 is 2.28 bits per heavy atom. The lowest BCUT2D eigenvalue weighted by molar-refractivity contribution is -0.118. The Kier molecular flexibility index (Phi) is 4.70. The minimum absolute atomic E-state index is 0.198. The highest BCUT2D eigenvalue weighted by atomic mass is 32.2. The molecule has 18 heavy (non-hydrogen) atoms. The van der Waals surface area contributed by atoms with Crippen molar-refractivity contribution in [3.8, 4) is 5.75 Å². The van der Waals surface area contributed by atoms with Crippen molar-refractivity contribution in [2.75, 3.05) is 12.9 Å². The van der Waals surface area contributed by atoms with Crippen LogP contribution in [-0.4, -0.2) is 23.9 Å². The molecule has 0 aromatic heterocycles. The van der Waals surface area contributed by atoms with Crippen molar-refractivity contribution in [3.05, 3.63) is 29.3 Å². The topological polar surface area (TPSA) is 26.3 Å². The average molecular weight is 264 g/mol. The highest BCUT2D eigenvalue weighted by Gasteiger charge is 2.22. The molecule has 0 radical (unpaired) electrons. The molecule has 0 spiro atoms. The first kappa shape index (κ1) is 13.5. The molecule has 98 valence electrons. The predicted molar refractivity (Wildman–Crippen MR) is 76.5 cm³/mol. The number of benzene rings is 1. The molecule has 1 heterocycles. The maximum atomic E-state index is 12.3. The number of methoxy groups -OCH3 is 1. The van der Waals surface area contributed by atoms with Crippen LogP contribution in [0.2, 0.25) is 0 Å². The van der Waals surface area contributed by atoms with Crippen molar-refractivity contribution in [3.63, 3.8) is 0 Å². The van der Waals surface area contributed by atoms with Crippen molar-refractivity contribution in [1.29, 1.82) is 0 Å². The third-order valence-corrected chi connectivity index (χ3v) is 4.76. The number of hydrogen-bond acceptors (Lipinski definition) is 3. The van der Waals surface area contributed by atoms with Crippen LogP contribution in [0, 0.1) is 6.92 Å². The highest BCUT2D eigenvalue weighted by molar-refractivity contribution is 8.00. The summed E-state index contributed by atoms with van der Waals surface area (Å²) < 4.78 is 5.33. The van der Waals surface area contributed by atoms with Gasteiger partial charge in [-0.05, 0) is 31.6 Å². The van der Waals surface area contributed by atoms with Gasteiger partial charge in [-0.25, -0.2) is 0 Å². The number of carbonyl (C=O) groups excluding carboxylic acids is 1. The second-order valence-corrected chi connectivity index (χ2v) is 6.12. The molecule has 0 bridgehead atoms. The zero-order chi connectivity index (χ0) is 13.0. The Balaban J connectivity index is 2.07. The van der Waals surface area contributed by atoms with Gasteiger partial charge in [0.25, 0.3) is 0 Å². The molecule has 1 saturated heterocycles. The summed E-state index contributed by atoms with van der Waals surface area (Å²) in [4.78, 5) is 12.3. The summed E-state index contributed by atoms with van der Waals surface area (Å²) in [6.45, 7) is 2.04. The van der Waals surface area contributed by atoms with Crippen molar-refractivity contribution in [2.24, 2.45) is 0 Å². The van der Waals surface area contributed by atoms with Crippen molar-refractivity contribution >= 4 is 17.5 Å². The second-order valence-electron chi connectivity index (χ2n) is 4.81. The minimum Gasteiger partial charge on any atom is -0.496 e. The smallest absolute Gasteiger partial charge is 0.150 e. The Hall–Kier alpha value is -0.960. The van der Waals surface area contributed by atoms with Gasteiger partial charge in [0.05, 0.1) is 12.4 Å². The summed E-state index contributed by atoms with van der Waals surface area (Å²) in [5.74, 6) is 2.31. The molecule has 0 saturated carbocycles. The average Bonchev–Trinajstić information content (AvgIpc) is 2.40. The summed E-state index contributed by atoms with van der Waals surface area (Å²) in [5, 5.41) is 0.198. The van der Waals surface area contributed by atoms with E-state index in [2.05, 4.69) is 6.07 Å². The van der Waals surface area contributed by atoms with Crippen LogP contribution in [0.15, 0.2) is 18.2 Å². The maximum Gasteiger partial charge on any atom is 0.150 e. The lowest BCUT2D eigenvalue weighted by atomic mass is 10.0. The van der Waals surface area contributed by atoms with E-state index in [0.717, 1.165) is 23.5 Å². The number of thioether (sulfide) groups is 1. The number of ketones is 1. The van der Waals surface area contributed by atoms with Gasteiger partial charge < -0.3 is 4.74 Å². The third-order valence-electron chi connectivity index (χ3n) is 3.34. The van der Waals surface area contributed by atoms with Crippen LogP contribution in [0.5, 0.6) is 5.75 Å². The van der Waals surface area contributed by atoms with Gasteiger partial charge in [0, 0.05) is 12.0 Å². The monoisotopic (exact) mass is 264 g/mol. The summed E-state index contributed by atoms with van der Waals surface area (Å²) in [6, 6.07) is 6.03. The number of hydrogen-bond donors (Lipinski definition) is 0. The van der Waals surface area contributed by atoms with Crippen molar-refractivity contribution in [2.45, 2.75) is 37.9 Å². The third kappa shape index (κ3) is 3.29. The van der Waals surface area contributed by atoms with E-state index in [9.17, 15) is 4.79 Å². The molecular weight excluding hydrogens is 244 g/mol. The maximum absolute atomic E-state index is 12.3. The van der Waals surface area contributed by atoms with E-state index < -0.39 is 0 Å². The van der Waals surface area contributed by atoms with Gasteiger partial charge >= 0.3 is 0 Å². The molecule has 0 N–H and O–H groups in total. The van der Waals surface area contributed by atoms with E-state index in [1.165, 1.54) is 18.4 Å². The lowest BCUT2D eigenvalue weighted by Gasteiger charge is -2.20. The van der Waals surface area contributed by atoms with Crippen LogP contribution in [0.25, 0.3) is 0 Å². The molecule has 2 rings (SSSR count). The lowest BCUT2D eigenvalue weighted by Crippen LogP contribution is -2.22. The van der Waals surface area contributed by atoms with Crippen molar-refractivity contribution < 1.29 is 9.53 Å². The van der Waals surface area contributed by atoms with E-state index >= 15 is 0 Å². The molecule has 1 aromatic rings. The molecule has 1 aliphatic heterocycles. The normalized spacial score (nSPS) is 19.6. The Morgan fingerprint density at radius 1 is 1.44 bits per heavy atom. The Labute approximate surface area is 113 Å². The standard InChI is InChI=1S/C15H20O2S/c1-11-6-7-14(17-2)12(9-11)10-13(16)15-5-3-4-8-18-15/h6-7,9,15H,3-5,8,10H2,1-2H3. The Morgan fingerprint density at radius 3 is 2.94 bits per heavy atom. The summed E-state index contributed by atoms with van der Waals surface area (Å²) >= 11 is 1.82. The largest absolute Gasteiger partial charge is 0.496 e. The summed E-state index contributed by atoms with van der Waals surface area (Å²) in [5.41, 5.74) is 2.20. The molecule has 1 aliphatic rings. The van der Waals surface area contributed by atoms with Gasteiger partial charge in [-0.3, -0.25) is 4.79 Å². The second kappa shape index (κ2) is 6.28. The molecule has 0 aliphatic carbocycles. The van der Waals surface area contributed by atoms with Gasteiger partial charge in [0.2, 0.25) is 0 Å². The fourth-order valence-electron chi connectivity index (χ4n) is 2.34. The SMILES string of the molecule is COc1ccc(C)cc1CC(=O)C1CCCCS1. The van der Waals surface area contributed by atoms with E-state index in [1.807, 2.05) is 30.8 Å². The van der Waals surface area contributed by atoms with Crippen LogP contribution < -0.4 is 4.74 Å². The first-order chi connectivity index (χ1) is 8.70. The number of carbonyl (C=O) groups is 1. The van der Waals surface area contributed by atoms with E-state index in [-0.39, 0.29) is 5.25 Å². The quantitative estimate of drug-likeness (QED) is 0.833. The van der Waals surface area contributed by atoms with Gasteiger partial charge in [0.15, 0.2) is 0 Å². The predicted octanol–water partition coefficient (Wildman–Crippen LogP) is 3.40. The fraction of sp³-hybridized carbons (Fsp3) is 0.533. The zero-order valence-corrected chi connectivity index (χ0v) is 11.9. The van der Waals surface area contributed by atoms with Crippen LogP contribution in [-0.2, 0) is 11.2 Å². The highest BCUT2D eigenvalue weighted by Crippen LogP contribution is 2.28. The molecule has 1 aromatic carbocycles. The summed E-state index contributed by atoms with van der Waals surface area (Å²) in [6.07, 6.45) is 3.98. The van der Waals surface area contributed by atoms with Crippen LogP contribution in [0.1, 0.15) is 30.4 Å². The molecule has 1 fully saturated rings. The Bertz CT molecular complexity index is 423. The van der Waals surface area contributed by atoms with Gasteiger partial charge in [0.1, 0.15) is 11.5 Å². The number of aryl methyl sites for hydroxylation is 1. The van der Waals surface area contributed by atoms with E-state index in [1.54, 1.807) is 7.11 Å². The number of rotatable bonds is 4. The minimum atomic E-state index is 0.198. The number of Topliss-reactive ketones (excluding diaryl/α,β-unsaturated/α-hetero) is 1. The first-order valence-corrected chi connectivity index (χ1v) is 7.53. The molecule has 2 nitrogen and oxygen atoms in total. The first-order valence-electron chi connectivity index (χ1n) is 6.48. The van der Waals surface area contributed by atoms with E-state index in [0.29, 0.717) is 12.2 Å². The van der Waals surface area contributed by atoms with Gasteiger partial charge in [-0.15, -0.1) is 0 Å². The molecule has 3 heteroatoms. The summed E-state index contributed by atoms with van der Waals surface area (Å²) in [7, 11) is 1.66. The van der Waals surface area contributed by atoms with Gasteiger partial charge in [-0.1, -0.05) is 24.1 Å². The van der Waals surface area contributed by atoms with Crippen LogP contribution in [0.4, 0.5) is 0 Å². The van der Waals surface area contributed by atoms with Crippen LogP contribution in [0.3, 0.4) is 0 Å². The van der Waals surface area contributed by atoms with Crippen molar-refractivity contribution in [1.82, 2.24) is 0 Å². The molecule has 1 unspecified atom stereocenters. The molecule has 1 atom stereocenters. The van der Waals surface area contributed by atoms with E-state index in [4.69, 9.17) is 4.74 Å².